The van der Waals surface area contributed by atoms with Crippen LogP contribution in [0, 0.1) is 0 Å². The van der Waals surface area contributed by atoms with Crippen molar-refractivity contribution in [1.29, 1.82) is 0 Å². The molecule has 0 radical (unpaired) electrons. The van der Waals surface area contributed by atoms with E-state index < -0.39 is 11.5 Å². The average molecular weight is 368 g/mol. The Kier molecular flexibility index (Phi) is 5.74. The van der Waals surface area contributed by atoms with Gasteiger partial charge in [-0.25, -0.2) is 9.78 Å². The highest BCUT2D eigenvalue weighted by Gasteiger charge is 2.45. The highest BCUT2D eigenvalue weighted by molar-refractivity contribution is 5.97. The van der Waals surface area contributed by atoms with Crippen LogP contribution < -0.4 is 4.74 Å². The number of amides is 1. The summed E-state index contributed by atoms with van der Waals surface area (Å²) in [6.07, 6.45) is 5.09. The molecule has 1 fully saturated rings. The van der Waals surface area contributed by atoms with Gasteiger partial charge in [0.1, 0.15) is 12.1 Å². The molecule has 1 amide bonds. The average Bonchev–Trinajstić information content (AvgIpc) is 2.72. The van der Waals surface area contributed by atoms with Crippen molar-refractivity contribution >= 4 is 11.9 Å². The zero-order valence-electron chi connectivity index (χ0n) is 15.4. The van der Waals surface area contributed by atoms with Gasteiger partial charge < -0.3 is 14.7 Å². The largest absolute Gasteiger partial charge is 0.479 e. The number of benzene rings is 1. The summed E-state index contributed by atoms with van der Waals surface area (Å²) in [7, 11) is 1.58. The SMILES string of the molecule is CN(C(=O)c1ccnc(OCc2ccccc2)c1)C1(C(=O)O)CCCCC1. The number of ether oxygens (including phenoxy) is 1. The number of hydrogen-bond donors (Lipinski definition) is 1. The van der Waals surface area contributed by atoms with E-state index in [0.717, 1.165) is 24.8 Å². The number of nitrogens with zero attached hydrogens (tertiary/aromatic N) is 2. The molecule has 0 atom stereocenters. The van der Waals surface area contributed by atoms with Gasteiger partial charge in [0.05, 0.1) is 0 Å². The smallest absolute Gasteiger partial charge is 0.329 e. The van der Waals surface area contributed by atoms with E-state index in [9.17, 15) is 14.7 Å². The lowest BCUT2D eigenvalue weighted by Crippen LogP contribution is -2.56. The van der Waals surface area contributed by atoms with Gasteiger partial charge in [-0.2, -0.15) is 0 Å². The zero-order chi connectivity index (χ0) is 19.3. The summed E-state index contributed by atoms with van der Waals surface area (Å²) in [5, 5.41) is 9.79. The number of aromatic nitrogens is 1. The zero-order valence-corrected chi connectivity index (χ0v) is 15.4. The first kappa shape index (κ1) is 18.9. The maximum atomic E-state index is 13.0. The Morgan fingerprint density at radius 2 is 1.85 bits per heavy atom. The lowest BCUT2D eigenvalue weighted by Gasteiger charge is -2.41. The number of aliphatic carboxylic acids is 1. The van der Waals surface area contributed by atoms with E-state index in [4.69, 9.17) is 4.74 Å². The molecule has 2 aromatic rings. The molecule has 0 spiro atoms. The van der Waals surface area contributed by atoms with E-state index in [2.05, 4.69) is 4.98 Å². The number of hydrogen-bond acceptors (Lipinski definition) is 4. The van der Waals surface area contributed by atoms with E-state index in [1.54, 1.807) is 19.2 Å². The van der Waals surface area contributed by atoms with E-state index >= 15 is 0 Å². The second-order valence-electron chi connectivity index (χ2n) is 6.92. The molecule has 0 bridgehead atoms. The first-order valence-electron chi connectivity index (χ1n) is 9.17. The minimum atomic E-state index is -1.14. The minimum absolute atomic E-state index is 0.328. The normalized spacial score (nSPS) is 15.7. The highest BCUT2D eigenvalue weighted by atomic mass is 16.5. The number of carboxylic acids is 1. The standard InChI is InChI=1S/C21H24N2O4/c1-23(21(20(25)26)11-6-3-7-12-21)19(24)17-10-13-22-18(14-17)27-15-16-8-4-2-5-9-16/h2,4-5,8-10,13-14H,3,6-7,11-12,15H2,1H3,(H,25,26). The van der Waals surface area contributed by atoms with Crippen molar-refractivity contribution in [3.8, 4) is 5.88 Å². The minimum Gasteiger partial charge on any atom is -0.479 e. The van der Waals surface area contributed by atoms with Crippen molar-refractivity contribution in [2.24, 2.45) is 0 Å². The van der Waals surface area contributed by atoms with Crippen LogP contribution in [0.2, 0.25) is 0 Å². The Morgan fingerprint density at radius 3 is 2.52 bits per heavy atom. The van der Waals surface area contributed by atoms with Gasteiger partial charge in [-0.1, -0.05) is 49.6 Å². The van der Waals surface area contributed by atoms with Crippen molar-refractivity contribution in [1.82, 2.24) is 9.88 Å². The van der Waals surface area contributed by atoms with Crippen LogP contribution >= 0.6 is 0 Å². The van der Waals surface area contributed by atoms with Crippen LogP contribution in [-0.4, -0.2) is 39.5 Å². The fraction of sp³-hybridized carbons (Fsp3) is 0.381. The summed E-state index contributed by atoms with van der Waals surface area (Å²) >= 11 is 0. The number of carbonyl (C=O) groups excluding carboxylic acids is 1. The Bertz CT molecular complexity index is 801. The fourth-order valence-corrected chi connectivity index (χ4v) is 3.57. The molecule has 1 aromatic heterocycles. The summed E-state index contributed by atoms with van der Waals surface area (Å²) in [6.45, 7) is 0.348. The summed E-state index contributed by atoms with van der Waals surface area (Å²) < 4.78 is 5.68. The van der Waals surface area contributed by atoms with Crippen LogP contribution in [0.4, 0.5) is 0 Å². The van der Waals surface area contributed by atoms with Gasteiger partial charge in [-0.15, -0.1) is 0 Å². The van der Waals surface area contributed by atoms with Crippen molar-refractivity contribution in [3.63, 3.8) is 0 Å². The number of carboxylic acid groups (broad SMARTS) is 1. The first-order valence-corrected chi connectivity index (χ1v) is 9.17. The number of rotatable bonds is 6. The fourth-order valence-electron chi connectivity index (χ4n) is 3.57. The second-order valence-corrected chi connectivity index (χ2v) is 6.92. The second kappa shape index (κ2) is 8.20. The molecule has 0 aliphatic heterocycles. The molecule has 0 saturated heterocycles. The quantitative estimate of drug-likeness (QED) is 0.844. The lowest BCUT2D eigenvalue weighted by atomic mass is 9.80. The molecule has 1 aliphatic rings. The maximum absolute atomic E-state index is 13.0. The summed E-state index contributed by atoms with van der Waals surface area (Å²) in [5.74, 6) is -0.926. The molecular formula is C21H24N2O4. The van der Waals surface area contributed by atoms with Gasteiger partial charge in [0, 0.05) is 24.9 Å². The molecule has 1 N–H and O–H groups in total. The maximum Gasteiger partial charge on any atom is 0.329 e. The van der Waals surface area contributed by atoms with E-state index in [1.807, 2.05) is 30.3 Å². The van der Waals surface area contributed by atoms with Gasteiger partial charge >= 0.3 is 5.97 Å². The third kappa shape index (κ3) is 4.10. The third-order valence-corrected chi connectivity index (χ3v) is 5.24. The van der Waals surface area contributed by atoms with Gasteiger partial charge in [-0.05, 0) is 24.5 Å². The predicted molar refractivity (Wildman–Crippen MR) is 101 cm³/mol. The molecule has 6 heteroatoms. The van der Waals surface area contributed by atoms with Gasteiger partial charge in [0.25, 0.3) is 5.91 Å². The Hall–Kier alpha value is -2.89. The summed E-state index contributed by atoms with van der Waals surface area (Å²) in [6, 6.07) is 12.8. The van der Waals surface area contributed by atoms with E-state index in [0.29, 0.717) is 30.9 Å². The Morgan fingerprint density at radius 1 is 1.15 bits per heavy atom. The molecule has 1 aromatic carbocycles. The topological polar surface area (TPSA) is 79.7 Å². The van der Waals surface area contributed by atoms with Crippen molar-refractivity contribution in [2.45, 2.75) is 44.2 Å². The van der Waals surface area contributed by atoms with Crippen LogP contribution in [0.15, 0.2) is 48.7 Å². The number of carbonyl (C=O) groups is 2. The molecule has 27 heavy (non-hydrogen) atoms. The molecule has 142 valence electrons. The predicted octanol–water partition coefficient (Wildman–Crippen LogP) is 3.52. The van der Waals surface area contributed by atoms with Crippen LogP contribution in [-0.2, 0) is 11.4 Å². The molecule has 1 heterocycles. The monoisotopic (exact) mass is 368 g/mol. The van der Waals surface area contributed by atoms with Crippen LogP contribution in [0.1, 0.15) is 48.0 Å². The van der Waals surface area contributed by atoms with Crippen molar-refractivity contribution < 1.29 is 19.4 Å². The van der Waals surface area contributed by atoms with Crippen molar-refractivity contribution in [2.75, 3.05) is 7.05 Å². The lowest BCUT2D eigenvalue weighted by molar-refractivity contribution is -0.151. The Balaban J connectivity index is 1.75. The van der Waals surface area contributed by atoms with E-state index in [-0.39, 0.29) is 5.91 Å². The van der Waals surface area contributed by atoms with E-state index in [1.165, 1.54) is 11.1 Å². The van der Waals surface area contributed by atoms with Gasteiger partial charge in [0.15, 0.2) is 0 Å². The molecule has 1 aliphatic carbocycles. The molecule has 1 saturated carbocycles. The number of likely N-dealkylation sites (N-methyl/N-ethyl adjacent to an activating group) is 1. The van der Waals surface area contributed by atoms with Crippen LogP contribution in [0.5, 0.6) is 5.88 Å². The Labute approximate surface area is 158 Å². The van der Waals surface area contributed by atoms with Crippen LogP contribution in [0.3, 0.4) is 0 Å². The van der Waals surface area contributed by atoms with Crippen LogP contribution in [0.25, 0.3) is 0 Å². The molecule has 3 rings (SSSR count). The third-order valence-electron chi connectivity index (χ3n) is 5.24. The summed E-state index contributed by atoms with van der Waals surface area (Å²) in [4.78, 5) is 30.4. The van der Waals surface area contributed by atoms with Gasteiger partial charge in [0.2, 0.25) is 5.88 Å². The molecule has 0 unspecified atom stereocenters. The number of pyridine rings is 1. The molecular weight excluding hydrogens is 344 g/mol. The summed E-state index contributed by atoms with van der Waals surface area (Å²) in [5.41, 5.74) is 0.242. The van der Waals surface area contributed by atoms with Gasteiger partial charge in [-0.3, -0.25) is 4.79 Å². The highest BCUT2D eigenvalue weighted by Crippen LogP contribution is 2.34. The first-order chi connectivity index (χ1) is 13.0. The van der Waals surface area contributed by atoms with Crippen molar-refractivity contribution in [3.05, 3.63) is 59.8 Å². The molecule has 6 nitrogen and oxygen atoms in total.